The van der Waals surface area contributed by atoms with E-state index in [0.717, 1.165) is 0 Å². The van der Waals surface area contributed by atoms with E-state index in [0.29, 0.717) is 12.1 Å². The fourth-order valence-electron chi connectivity index (χ4n) is 1.44. The highest BCUT2D eigenvalue weighted by atomic mass is 15.4. The summed E-state index contributed by atoms with van der Waals surface area (Å²) in [4.78, 5) is 4.31. The minimum atomic E-state index is 0.0185. The van der Waals surface area contributed by atoms with Gasteiger partial charge in [0.1, 0.15) is 7.85 Å². The zero-order valence-corrected chi connectivity index (χ0v) is 8.36. The van der Waals surface area contributed by atoms with Crippen molar-refractivity contribution in [2.24, 2.45) is 0 Å². The van der Waals surface area contributed by atoms with Gasteiger partial charge in [-0.2, -0.15) is 0 Å². The fourth-order valence-corrected chi connectivity index (χ4v) is 1.44. The van der Waals surface area contributed by atoms with E-state index in [-0.39, 0.29) is 6.07 Å². The molecule has 0 aromatic heterocycles. The van der Waals surface area contributed by atoms with Crippen LogP contribution in [0.4, 0.5) is 0 Å². The second-order valence-electron chi connectivity index (χ2n) is 3.79. The molecule has 0 atom stereocenters. The van der Waals surface area contributed by atoms with Crippen molar-refractivity contribution in [2.75, 3.05) is 0 Å². The highest BCUT2D eigenvalue weighted by Gasteiger charge is 2.24. The molecule has 2 nitrogen and oxygen atoms in total. The van der Waals surface area contributed by atoms with E-state index in [9.17, 15) is 0 Å². The molecule has 0 amide bonds. The molecule has 0 unspecified atom stereocenters. The number of hydrogen-bond donors (Lipinski definition) is 0. The molecule has 0 aromatic rings. The van der Waals surface area contributed by atoms with E-state index in [1.807, 2.05) is 0 Å². The van der Waals surface area contributed by atoms with Gasteiger partial charge < -0.3 is 9.80 Å². The minimum absolute atomic E-state index is 0.0185. The van der Waals surface area contributed by atoms with Gasteiger partial charge in [0.2, 0.25) is 0 Å². The Kier molecular flexibility index (Phi) is 2.71. The highest BCUT2D eigenvalue weighted by molar-refractivity contribution is 6.11. The Morgan fingerprint density at radius 1 is 1.00 bits per heavy atom. The molecule has 0 bridgehead atoms. The van der Waals surface area contributed by atoms with Gasteiger partial charge in [-0.15, -0.1) is 0 Å². The van der Waals surface area contributed by atoms with Gasteiger partial charge >= 0.3 is 0 Å². The third-order valence-corrected chi connectivity index (χ3v) is 2.21. The summed E-state index contributed by atoms with van der Waals surface area (Å²) in [5, 5.41) is 0. The molecular weight excluding hydrogens is 147 g/mol. The van der Waals surface area contributed by atoms with Crippen molar-refractivity contribution in [1.29, 1.82) is 0 Å². The van der Waals surface area contributed by atoms with Crippen LogP contribution in [-0.4, -0.2) is 35.8 Å². The Bertz CT molecular complexity index is 159. The molecule has 0 aliphatic carbocycles. The number of hydrogen-bond acceptors (Lipinski definition) is 2. The van der Waals surface area contributed by atoms with E-state index in [2.05, 4.69) is 49.9 Å². The highest BCUT2D eigenvalue weighted by Crippen LogP contribution is 2.18. The quantitative estimate of drug-likeness (QED) is 0.568. The van der Waals surface area contributed by atoms with E-state index < -0.39 is 0 Å². The van der Waals surface area contributed by atoms with Crippen molar-refractivity contribution in [3.8, 4) is 0 Å². The van der Waals surface area contributed by atoms with Gasteiger partial charge in [-0.25, -0.2) is 0 Å². The average Bonchev–Trinajstić information content (AvgIpc) is 2.30. The van der Waals surface area contributed by atoms with Gasteiger partial charge in [0.25, 0.3) is 0 Å². The Morgan fingerprint density at radius 2 is 1.33 bits per heavy atom. The van der Waals surface area contributed by atoms with Crippen molar-refractivity contribution in [2.45, 2.75) is 45.8 Å². The molecule has 1 heterocycles. The van der Waals surface area contributed by atoms with Gasteiger partial charge in [-0.05, 0) is 27.7 Å². The van der Waals surface area contributed by atoms with Crippen LogP contribution in [0.15, 0.2) is 12.4 Å². The number of rotatable bonds is 2. The third-order valence-electron chi connectivity index (χ3n) is 2.21. The molecule has 0 fully saturated rings. The van der Waals surface area contributed by atoms with E-state index >= 15 is 0 Å². The largest absolute Gasteiger partial charge is 0.362 e. The minimum Gasteiger partial charge on any atom is -0.362 e. The lowest BCUT2D eigenvalue weighted by Crippen LogP contribution is -2.44. The maximum absolute atomic E-state index is 6.01. The summed E-state index contributed by atoms with van der Waals surface area (Å²) in [7, 11) is 6.01. The first kappa shape index (κ1) is 9.49. The van der Waals surface area contributed by atoms with Crippen LogP contribution < -0.4 is 0 Å². The van der Waals surface area contributed by atoms with Crippen LogP contribution in [0, 0.1) is 0 Å². The second-order valence-corrected chi connectivity index (χ2v) is 3.79. The topological polar surface area (TPSA) is 6.48 Å². The Balaban J connectivity index is 2.62. The lowest BCUT2D eigenvalue weighted by Gasteiger charge is -2.35. The molecule has 2 radical (unpaired) electrons. The zero-order chi connectivity index (χ0) is 9.30. The Morgan fingerprint density at radius 3 is 1.50 bits per heavy atom. The number of nitrogens with zero attached hydrogens (tertiary/aromatic N) is 2. The summed E-state index contributed by atoms with van der Waals surface area (Å²) < 4.78 is 0. The molecule has 12 heavy (non-hydrogen) atoms. The Labute approximate surface area is 76.6 Å². The van der Waals surface area contributed by atoms with Crippen molar-refractivity contribution in [3.05, 3.63) is 12.4 Å². The van der Waals surface area contributed by atoms with Crippen LogP contribution in [0.25, 0.3) is 0 Å². The monoisotopic (exact) mass is 164 g/mol. The molecule has 0 saturated heterocycles. The predicted molar refractivity (Wildman–Crippen MR) is 52.6 cm³/mol. The molecule has 1 aliphatic rings. The zero-order valence-electron chi connectivity index (χ0n) is 8.36. The van der Waals surface area contributed by atoms with E-state index in [4.69, 9.17) is 7.85 Å². The van der Waals surface area contributed by atoms with Gasteiger partial charge in [-0.3, -0.25) is 0 Å². The molecule has 0 N–H and O–H groups in total. The molecule has 0 spiro atoms. The predicted octanol–water partition coefficient (Wildman–Crippen LogP) is 1.34. The second kappa shape index (κ2) is 3.42. The lowest BCUT2D eigenvalue weighted by atomic mass is 10.0. The van der Waals surface area contributed by atoms with Gasteiger partial charge in [0, 0.05) is 24.5 Å². The smallest absolute Gasteiger partial charge is 0.129 e. The van der Waals surface area contributed by atoms with Crippen molar-refractivity contribution < 1.29 is 0 Å². The first-order chi connectivity index (χ1) is 5.54. The molecule has 3 heteroatoms. The van der Waals surface area contributed by atoms with Crippen molar-refractivity contribution in [1.82, 2.24) is 9.80 Å². The summed E-state index contributed by atoms with van der Waals surface area (Å²) in [6.07, 6.45) is 4.13. The van der Waals surface area contributed by atoms with Crippen LogP contribution in [-0.2, 0) is 0 Å². The summed E-state index contributed by atoms with van der Waals surface area (Å²) in [5.74, 6) is 0. The summed E-state index contributed by atoms with van der Waals surface area (Å²) in [6, 6.07) is 0.963. The van der Waals surface area contributed by atoms with Crippen LogP contribution in [0.5, 0.6) is 0 Å². The SMILES string of the molecule is [B]C1N(C(C)C)C=CN1C(C)C. The van der Waals surface area contributed by atoms with Crippen LogP contribution in [0.2, 0.25) is 0 Å². The van der Waals surface area contributed by atoms with E-state index in [1.54, 1.807) is 0 Å². The molecule has 0 aromatic carbocycles. The maximum Gasteiger partial charge on any atom is 0.129 e. The van der Waals surface area contributed by atoms with Gasteiger partial charge in [-0.1, -0.05) is 0 Å². The van der Waals surface area contributed by atoms with Gasteiger partial charge in [0.15, 0.2) is 0 Å². The molecule has 0 saturated carbocycles. The van der Waals surface area contributed by atoms with Gasteiger partial charge in [0.05, 0.1) is 6.07 Å². The first-order valence-electron chi connectivity index (χ1n) is 4.53. The molecule has 1 rings (SSSR count). The van der Waals surface area contributed by atoms with Crippen LogP contribution in [0.3, 0.4) is 0 Å². The maximum atomic E-state index is 6.01. The standard InChI is InChI=1S/C9H17BN2/c1-7(2)11-5-6-12(8(3)4)9(11)10/h5-9H,1-4H3. The summed E-state index contributed by atoms with van der Waals surface area (Å²) in [5.41, 5.74) is 0. The fraction of sp³-hybridized carbons (Fsp3) is 0.778. The molecule has 66 valence electrons. The average molecular weight is 164 g/mol. The van der Waals surface area contributed by atoms with E-state index in [1.165, 1.54) is 0 Å². The normalized spacial score (nSPS) is 18.8. The Hall–Kier alpha value is -0.595. The molecule has 1 aliphatic heterocycles. The lowest BCUT2D eigenvalue weighted by molar-refractivity contribution is 0.169. The van der Waals surface area contributed by atoms with Crippen LogP contribution >= 0.6 is 0 Å². The van der Waals surface area contributed by atoms with Crippen molar-refractivity contribution in [3.63, 3.8) is 0 Å². The third kappa shape index (κ3) is 1.60. The summed E-state index contributed by atoms with van der Waals surface area (Å²) >= 11 is 0. The van der Waals surface area contributed by atoms with Crippen molar-refractivity contribution >= 4 is 7.85 Å². The first-order valence-corrected chi connectivity index (χ1v) is 4.53. The summed E-state index contributed by atoms with van der Waals surface area (Å²) in [6.45, 7) is 8.59. The molecular formula is C9H17BN2. The van der Waals surface area contributed by atoms with Crippen LogP contribution in [0.1, 0.15) is 27.7 Å².